The van der Waals surface area contributed by atoms with Crippen LogP contribution < -0.4 is 10.6 Å². The molecule has 0 aromatic carbocycles. The van der Waals surface area contributed by atoms with Crippen molar-refractivity contribution in [1.82, 2.24) is 10.6 Å². The summed E-state index contributed by atoms with van der Waals surface area (Å²) >= 11 is 0. The summed E-state index contributed by atoms with van der Waals surface area (Å²) in [5.41, 5.74) is 0. The molecule has 1 heterocycles. The maximum absolute atomic E-state index is 12.3. The molecular weight excluding hydrogens is 360 g/mol. The summed E-state index contributed by atoms with van der Waals surface area (Å²) in [6.45, 7) is 6.48. The average molecular weight is 401 g/mol. The number of rotatable bonds is 13. The van der Waals surface area contributed by atoms with E-state index in [0.717, 1.165) is 51.4 Å². The lowest BCUT2D eigenvalue weighted by atomic mass is 9.92. The number of nitrogens with one attached hydrogen (secondary N) is 2. The number of carbonyl (C=O) groups is 2. The van der Waals surface area contributed by atoms with Gasteiger partial charge in [0.05, 0.1) is 12.1 Å². The minimum atomic E-state index is -1.37. The van der Waals surface area contributed by atoms with Gasteiger partial charge < -0.3 is 25.6 Å². The van der Waals surface area contributed by atoms with Crippen LogP contribution in [-0.2, 0) is 14.3 Å². The molecule has 1 rings (SSSR count). The van der Waals surface area contributed by atoms with Crippen molar-refractivity contribution >= 4 is 11.8 Å². The molecule has 1 aliphatic rings. The molecule has 2 unspecified atom stereocenters. The summed E-state index contributed by atoms with van der Waals surface area (Å²) in [6, 6.07) is -0.730. The van der Waals surface area contributed by atoms with Crippen LogP contribution >= 0.6 is 0 Å². The lowest BCUT2D eigenvalue weighted by molar-refractivity contribution is -0.188. The summed E-state index contributed by atoms with van der Waals surface area (Å²) in [5.74, 6) is -0.586. The van der Waals surface area contributed by atoms with Gasteiger partial charge in [0.15, 0.2) is 6.10 Å². The number of hydrogen-bond donors (Lipinski definition) is 4. The zero-order chi connectivity index (χ0) is 20.9. The van der Waals surface area contributed by atoms with Gasteiger partial charge in [-0.1, -0.05) is 58.8 Å². The fraction of sp³-hybridized carbons (Fsp3) is 0.905. The molecule has 0 spiro atoms. The molecular formula is C21H40N2O5. The molecule has 28 heavy (non-hydrogen) atoms. The van der Waals surface area contributed by atoms with Gasteiger partial charge in [-0.05, 0) is 19.8 Å². The number of hydrogen-bond acceptors (Lipinski definition) is 5. The molecule has 4 N–H and O–H groups in total. The quantitative estimate of drug-likeness (QED) is 0.354. The van der Waals surface area contributed by atoms with Crippen molar-refractivity contribution in [2.24, 2.45) is 0 Å². The summed E-state index contributed by atoms with van der Waals surface area (Å²) in [7, 11) is 0. The van der Waals surface area contributed by atoms with E-state index in [1.165, 1.54) is 6.42 Å². The molecule has 7 heteroatoms. The van der Waals surface area contributed by atoms with Crippen molar-refractivity contribution in [2.45, 2.75) is 115 Å². The van der Waals surface area contributed by atoms with Crippen molar-refractivity contribution < 1.29 is 24.5 Å². The molecule has 7 nitrogen and oxygen atoms in total. The van der Waals surface area contributed by atoms with Crippen LogP contribution in [0.1, 0.15) is 85.0 Å². The van der Waals surface area contributed by atoms with E-state index in [0.29, 0.717) is 13.0 Å². The van der Waals surface area contributed by atoms with Gasteiger partial charge >= 0.3 is 0 Å². The Bertz CT molecular complexity index is 460. The lowest BCUT2D eigenvalue weighted by Gasteiger charge is -2.41. The van der Waals surface area contributed by atoms with Crippen LogP contribution in [0.5, 0.6) is 0 Å². The number of aliphatic hydroxyl groups excluding tert-OH is 2. The lowest BCUT2D eigenvalue weighted by Crippen LogP contribution is -2.65. The second-order valence-corrected chi connectivity index (χ2v) is 7.85. The van der Waals surface area contributed by atoms with Crippen LogP contribution in [0.4, 0.5) is 0 Å². The highest BCUT2D eigenvalue weighted by molar-refractivity contribution is 5.82. The van der Waals surface area contributed by atoms with E-state index in [4.69, 9.17) is 4.74 Å². The summed E-state index contributed by atoms with van der Waals surface area (Å²) in [5, 5.41) is 26.3. The number of ether oxygens (including phenoxy) is 1. The third-order valence-electron chi connectivity index (χ3n) is 5.32. The molecule has 0 aromatic rings. The van der Waals surface area contributed by atoms with Gasteiger partial charge in [0, 0.05) is 13.0 Å². The van der Waals surface area contributed by atoms with Crippen molar-refractivity contribution in [2.75, 3.05) is 6.54 Å². The first-order valence-electron chi connectivity index (χ1n) is 11.0. The van der Waals surface area contributed by atoms with Gasteiger partial charge in [0.1, 0.15) is 12.2 Å². The molecule has 0 radical (unpaired) electrons. The normalized spacial score (nSPS) is 27.4. The molecule has 0 aromatic heterocycles. The van der Waals surface area contributed by atoms with Crippen LogP contribution in [0, 0.1) is 0 Å². The zero-order valence-electron chi connectivity index (χ0n) is 17.8. The van der Waals surface area contributed by atoms with E-state index >= 15 is 0 Å². The summed E-state index contributed by atoms with van der Waals surface area (Å²) < 4.78 is 5.64. The third kappa shape index (κ3) is 8.45. The fourth-order valence-corrected chi connectivity index (χ4v) is 3.50. The minimum absolute atomic E-state index is 0.165. The van der Waals surface area contributed by atoms with Crippen molar-refractivity contribution in [3.8, 4) is 0 Å². The van der Waals surface area contributed by atoms with Crippen molar-refractivity contribution in [3.63, 3.8) is 0 Å². The number of carbonyl (C=O) groups excluding carboxylic acids is 2. The van der Waals surface area contributed by atoms with Gasteiger partial charge in [0.25, 0.3) is 5.91 Å². The smallest absolute Gasteiger partial charge is 0.251 e. The molecule has 2 amide bonds. The molecule has 1 fully saturated rings. The standard InChI is InChI=1S/C21H40N2O5/c1-4-6-8-10-11-13-16(24)23-17-15(3)28-20(19(26)18(17)25)21(27)22-14-12-9-7-5-2/h15,17-20,25-26H,4-14H2,1-3H3,(H,22,27)(H,23,24)/t15-,17?,18+,19-,20?/m0/s1. The van der Waals surface area contributed by atoms with Gasteiger partial charge in [-0.15, -0.1) is 0 Å². The molecule has 0 saturated carbocycles. The van der Waals surface area contributed by atoms with Gasteiger partial charge in [-0.2, -0.15) is 0 Å². The SMILES string of the molecule is CCCCCCCC(=O)NC1[C@H](C)OC(C(=O)NCCCCCC)[C@@H](O)[C@@H]1O. The van der Waals surface area contributed by atoms with E-state index in [1.807, 2.05) is 0 Å². The first-order valence-corrected chi connectivity index (χ1v) is 11.0. The first kappa shape index (κ1) is 24.9. The predicted octanol–water partition coefficient (Wildman–Crippen LogP) is 2.04. The van der Waals surface area contributed by atoms with E-state index in [1.54, 1.807) is 6.92 Å². The second-order valence-electron chi connectivity index (χ2n) is 7.85. The van der Waals surface area contributed by atoms with Crippen LogP contribution in [0.3, 0.4) is 0 Å². The highest BCUT2D eigenvalue weighted by atomic mass is 16.5. The van der Waals surface area contributed by atoms with E-state index in [2.05, 4.69) is 24.5 Å². The first-order chi connectivity index (χ1) is 13.4. The Morgan fingerprint density at radius 2 is 1.50 bits per heavy atom. The molecule has 0 bridgehead atoms. The van der Waals surface area contributed by atoms with Crippen LogP contribution in [0.25, 0.3) is 0 Å². The van der Waals surface area contributed by atoms with Gasteiger partial charge in [0.2, 0.25) is 5.91 Å². The van der Waals surface area contributed by atoms with Crippen molar-refractivity contribution in [3.05, 3.63) is 0 Å². The van der Waals surface area contributed by atoms with Gasteiger partial charge in [-0.3, -0.25) is 9.59 Å². The Labute approximate surface area is 169 Å². The predicted molar refractivity (Wildman–Crippen MR) is 109 cm³/mol. The topological polar surface area (TPSA) is 108 Å². The van der Waals surface area contributed by atoms with Crippen molar-refractivity contribution in [1.29, 1.82) is 0 Å². The highest BCUT2D eigenvalue weighted by Crippen LogP contribution is 2.21. The molecule has 5 atom stereocenters. The summed E-state index contributed by atoms with van der Waals surface area (Å²) in [4.78, 5) is 24.4. The Kier molecular flexibility index (Phi) is 12.3. The van der Waals surface area contributed by atoms with Crippen LogP contribution in [-0.4, -0.2) is 59.0 Å². The van der Waals surface area contributed by atoms with E-state index < -0.39 is 36.4 Å². The monoisotopic (exact) mass is 400 g/mol. The largest absolute Gasteiger partial charge is 0.388 e. The van der Waals surface area contributed by atoms with E-state index in [-0.39, 0.29) is 5.91 Å². The van der Waals surface area contributed by atoms with Crippen LogP contribution in [0.2, 0.25) is 0 Å². The Morgan fingerprint density at radius 3 is 2.14 bits per heavy atom. The highest BCUT2D eigenvalue weighted by Gasteiger charge is 2.46. The Hall–Kier alpha value is -1.18. The Balaban J connectivity index is 2.43. The average Bonchev–Trinajstić information content (AvgIpc) is 2.67. The summed E-state index contributed by atoms with van der Waals surface area (Å²) in [6.07, 6.45) is 5.46. The second kappa shape index (κ2) is 13.9. The Morgan fingerprint density at radius 1 is 0.893 bits per heavy atom. The molecule has 1 aliphatic heterocycles. The maximum atomic E-state index is 12.3. The molecule has 164 valence electrons. The minimum Gasteiger partial charge on any atom is -0.388 e. The number of aliphatic hydroxyl groups is 2. The van der Waals surface area contributed by atoms with E-state index in [9.17, 15) is 19.8 Å². The van der Waals surface area contributed by atoms with Gasteiger partial charge in [-0.25, -0.2) is 0 Å². The number of unbranched alkanes of at least 4 members (excludes halogenated alkanes) is 7. The fourth-order valence-electron chi connectivity index (χ4n) is 3.50. The maximum Gasteiger partial charge on any atom is 0.251 e. The molecule has 1 saturated heterocycles. The number of amides is 2. The third-order valence-corrected chi connectivity index (χ3v) is 5.32. The molecule has 0 aliphatic carbocycles. The zero-order valence-corrected chi connectivity index (χ0v) is 17.8. The van der Waals surface area contributed by atoms with Crippen LogP contribution in [0.15, 0.2) is 0 Å².